The zero-order valence-electron chi connectivity index (χ0n) is 38.5. The second kappa shape index (κ2) is 14.3. The van der Waals surface area contributed by atoms with Gasteiger partial charge in [-0.15, -0.1) is 0 Å². The van der Waals surface area contributed by atoms with E-state index in [1.54, 1.807) is 0 Å². The van der Waals surface area contributed by atoms with Crippen molar-refractivity contribution < 1.29 is 4.42 Å². The van der Waals surface area contributed by atoms with Crippen LogP contribution >= 0.6 is 0 Å². The number of hydrogen-bond donors (Lipinski definition) is 0. The summed E-state index contributed by atoms with van der Waals surface area (Å²) in [5, 5.41) is 7.23. The van der Waals surface area contributed by atoms with Crippen LogP contribution in [0.15, 0.2) is 174 Å². The summed E-state index contributed by atoms with van der Waals surface area (Å²) >= 11 is 0. The third kappa shape index (κ3) is 6.62. The predicted octanol–water partition coefficient (Wildman–Crippen LogP) is 18.2. The molecular formula is C62H55NO. The smallest absolute Gasteiger partial charge is 0.159 e. The molecular weight excluding hydrogens is 775 g/mol. The quantitative estimate of drug-likeness (QED) is 0.172. The van der Waals surface area contributed by atoms with Gasteiger partial charge in [-0.2, -0.15) is 0 Å². The zero-order chi connectivity index (χ0) is 44.3. The van der Waals surface area contributed by atoms with Gasteiger partial charge in [0.15, 0.2) is 5.58 Å². The lowest BCUT2D eigenvalue weighted by molar-refractivity contribution is 0.573. The molecule has 0 saturated heterocycles. The van der Waals surface area contributed by atoms with Crippen LogP contribution in [0.1, 0.15) is 79.0 Å². The highest BCUT2D eigenvalue weighted by Gasteiger charge is 2.27. The first-order valence-electron chi connectivity index (χ1n) is 22.8. The van der Waals surface area contributed by atoms with Gasteiger partial charge >= 0.3 is 0 Å². The van der Waals surface area contributed by atoms with Gasteiger partial charge in [-0.1, -0.05) is 165 Å². The van der Waals surface area contributed by atoms with Gasteiger partial charge in [-0.3, -0.25) is 0 Å². The summed E-state index contributed by atoms with van der Waals surface area (Å²) in [6.07, 6.45) is 0. The molecule has 0 radical (unpaired) electrons. The van der Waals surface area contributed by atoms with Crippen molar-refractivity contribution in [1.82, 2.24) is 0 Å². The molecule has 0 saturated carbocycles. The molecule has 10 aromatic rings. The molecule has 1 heterocycles. The summed E-state index contributed by atoms with van der Waals surface area (Å²) in [5.74, 6) is 0. The van der Waals surface area contributed by atoms with E-state index in [2.05, 4.69) is 237 Å². The maximum absolute atomic E-state index is 6.93. The Bertz CT molecular complexity index is 3460. The van der Waals surface area contributed by atoms with Crippen LogP contribution in [0.3, 0.4) is 0 Å². The third-order valence-electron chi connectivity index (χ3n) is 13.6. The summed E-state index contributed by atoms with van der Waals surface area (Å²) in [7, 11) is 0. The number of rotatable bonds is 5. The van der Waals surface area contributed by atoms with Crippen LogP contribution in [0, 0.1) is 0 Å². The fraction of sp³-hybridized carbons (Fsp3) is 0.194. The highest BCUT2D eigenvalue weighted by molar-refractivity contribution is 6.14. The van der Waals surface area contributed by atoms with E-state index in [1.807, 2.05) is 0 Å². The molecule has 0 N–H and O–H groups in total. The Morgan fingerprint density at radius 2 is 0.812 bits per heavy atom. The lowest BCUT2D eigenvalue weighted by Gasteiger charge is -2.28. The normalized spacial score (nSPS) is 12.8. The topological polar surface area (TPSA) is 16.4 Å². The van der Waals surface area contributed by atoms with E-state index in [4.69, 9.17) is 4.42 Å². The third-order valence-corrected chi connectivity index (χ3v) is 13.6. The van der Waals surface area contributed by atoms with E-state index >= 15 is 0 Å². The van der Waals surface area contributed by atoms with E-state index in [0.29, 0.717) is 0 Å². The number of fused-ring (bicyclic) bond motifs is 9. The average Bonchev–Trinajstić information content (AvgIpc) is 3.67. The minimum atomic E-state index is -0.0556. The van der Waals surface area contributed by atoms with Crippen molar-refractivity contribution in [3.8, 4) is 44.5 Å². The Labute approximate surface area is 377 Å². The second-order valence-electron chi connectivity index (χ2n) is 21.1. The fourth-order valence-electron chi connectivity index (χ4n) is 9.96. The molecule has 0 spiro atoms. The van der Waals surface area contributed by atoms with E-state index in [1.165, 1.54) is 82.7 Å². The Balaban J connectivity index is 1.03. The van der Waals surface area contributed by atoms with E-state index in [-0.39, 0.29) is 16.2 Å². The lowest BCUT2D eigenvalue weighted by atomic mass is 9.77. The summed E-state index contributed by atoms with van der Waals surface area (Å²) in [6, 6.07) is 63.6. The zero-order valence-corrected chi connectivity index (χ0v) is 38.5. The molecule has 64 heavy (non-hydrogen) atoms. The van der Waals surface area contributed by atoms with Crippen molar-refractivity contribution >= 4 is 60.5 Å². The van der Waals surface area contributed by atoms with E-state index in [9.17, 15) is 0 Å². The molecule has 9 aromatic carbocycles. The number of benzene rings is 9. The van der Waals surface area contributed by atoms with Gasteiger partial charge in [0.1, 0.15) is 5.58 Å². The monoisotopic (exact) mass is 829 g/mol. The van der Waals surface area contributed by atoms with Crippen molar-refractivity contribution in [1.29, 1.82) is 0 Å². The van der Waals surface area contributed by atoms with Crippen LogP contribution in [0.5, 0.6) is 0 Å². The van der Waals surface area contributed by atoms with Crippen LogP contribution in [0.25, 0.3) is 88.0 Å². The number of anilines is 3. The molecule has 11 rings (SSSR count). The van der Waals surface area contributed by atoms with Crippen LogP contribution < -0.4 is 4.90 Å². The summed E-state index contributed by atoms with van der Waals surface area (Å²) < 4.78 is 6.93. The molecule has 1 aromatic heterocycles. The molecule has 0 amide bonds. The molecule has 0 aliphatic heterocycles. The number of para-hydroxylation sites is 3. The molecule has 0 atom stereocenters. The maximum atomic E-state index is 6.93. The molecule has 1 aliphatic rings. The Morgan fingerprint density at radius 3 is 1.33 bits per heavy atom. The fourth-order valence-corrected chi connectivity index (χ4v) is 9.96. The van der Waals surface area contributed by atoms with Crippen LogP contribution in [-0.4, -0.2) is 0 Å². The minimum absolute atomic E-state index is 0.0556. The van der Waals surface area contributed by atoms with Gasteiger partial charge in [0.05, 0.1) is 5.69 Å². The van der Waals surface area contributed by atoms with Crippen molar-refractivity contribution in [2.75, 3.05) is 4.90 Å². The minimum Gasteiger partial charge on any atom is -0.454 e. The van der Waals surface area contributed by atoms with Crippen molar-refractivity contribution in [3.63, 3.8) is 0 Å². The largest absolute Gasteiger partial charge is 0.454 e. The van der Waals surface area contributed by atoms with Gasteiger partial charge in [0.2, 0.25) is 0 Å². The van der Waals surface area contributed by atoms with Gasteiger partial charge in [-0.25, -0.2) is 0 Å². The highest BCUT2D eigenvalue weighted by atomic mass is 16.3. The maximum Gasteiger partial charge on any atom is 0.159 e. The molecule has 0 unspecified atom stereocenters. The van der Waals surface area contributed by atoms with Crippen LogP contribution in [0.4, 0.5) is 17.1 Å². The summed E-state index contributed by atoms with van der Waals surface area (Å²) in [4.78, 5) is 2.35. The number of nitrogens with zero attached hydrogens (tertiary/aromatic N) is 1. The SMILES string of the molecule is CC(C)(C)c1ccc(-c2cc3cc4c(cc3cc2-c2ccc(C(C)(C)C)cc2)-c2cc3cc(N(c5ccccc5)c5cccc6c5oc5c(C(C)(C)C)cccc56)ccc3cc2-4)cc1. The summed E-state index contributed by atoms with van der Waals surface area (Å²) in [5.41, 5.74) is 19.3. The van der Waals surface area contributed by atoms with Crippen LogP contribution in [0.2, 0.25) is 0 Å². The first-order valence-corrected chi connectivity index (χ1v) is 22.8. The molecule has 1 aliphatic carbocycles. The van der Waals surface area contributed by atoms with Gasteiger partial charge < -0.3 is 9.32 Å². The highest BCUT2D eigenvalue weighted by Crippen LogP contribution is 2.52. The lowest BCUT2D eigenvalue weighted by Crippen LogP contribution is -2.11. The Kier molecular flexibility index (Phi) is 8.92. The van der Waals surface area contributed by atoms with Crippen molar-refractivity contribution in [3.05, 3.63) is 187 Å². The molecule has 2 heteroatoms. The van der Waals surface area contributed by atoms with Gasteiger partial charge in [0.25, 0.3) is 0 Å². The van der Waals surface area contributed by atoms with E-state index < -0.39 is 0 Å². The number of furan rings is 1. The summed E-state index contributed by atoms with van der Waals surface area (Å²) in [6.45, 7) is 20.5. The van der Waals surface area contributed by atoms with Crippen molar-refractivity contribution in [2.24, 2.45) is 0 Å². The predicted molar refractivity (Wildman–Crippen MR) is 275 cm³/mol. The van der Waals surface area contributed by atoms with Gasteiger partial charge in [-0.05, 0) is 160 Å². The number of hydrogen-bond acceptors (Lipinski definition) is 2. The standard InChI is InChI=1S/C62H55NO/c1-60(2,3)44-26-21-38(22-27-44)50-33-42-36-54-52-32-40-25-30-47(31-41(40)35-53(52)55(54)37-43(42)34-51(50)39-23-28-45(29-24-39)61(4,5)6)63(46-15-11-10-12-16-46)57-20-14-18-49-48-17-13-19-56(62(7,8)9)58(48)64-59(49)57/h10-37H,1-9H3. The Hall–Kier alpha value is -6.90. The van der Waals surface area contributed by atoms with Gasteiger partial charge in [0, 0.05) is 27.7 Å². The first kappa shape index (κ1) is 39.9. The van der Waals surface area contributed by atoms with Crippen LogP contribution in [-0.2, 0) is 16.2 Å². The van der Waals surface area contributed by atoms with E-state index in [0.717, 1.165) is 39.0 Å². The first-order chi connectivity index (χ1) is 30.6. The average molecular weight is 830 g/mol. The molecule has 0 bridgehead atoms. The molecule has 314 valence electrons. The van der Waals surface area contributed by atoms with Crippen molar-refractivity contribution in [2.45, 2.75) is 78.6 Å². The second-order valence-corrected chi connectivity index (χ2v) is 21.1. The molecule has 2 nitrogen and oxygen atoms in total. The Morgan fingerprint density at radius 1 is 0.344 bits per heavy atom. The molecule has 0 fully saturated rings.